The van der Waals surface area contributed by atoms with Crippen LogP contribution in [0.5, 0.6) is 0 Å². The summed E-state index contributed by atoms with van der Waals surface area (Å²) in [6.45, 7) is 3.99. The zero-order valence-corrected chi connectivity index (χ0v) is 26.5. The van der Waals surface area contributed by atoms with Crippen molar-refractivity contribution < 1.29 is 34.7 Å². The Morgan fingerprint density at radius 3 is 1.36 bits per heavy atom. The van der Waals surface area contributed by atoms with Crippen LogP contribution < -0.4 is 0 Å². The predicted octanol–water partition coefficient (Wildman–Crippen LogP) is 4.49. The fourth-order valence-electron chi connectivity index (χ4n) is 13.0. The molecule has 234 valence electrons. The van der Waals surface area contributed by atoms with E-state index in [-0.39, 0.29) is 58.9 Å². The van der Waals surface area contributed by atoms with Crippen molar-refractivity contribution in [1.82, 2.24) is 0 Å². The quantitative estimate of drug-likeness (QED) is 0.390. The summed E-state index contributed by atoms with van der Waals surface area (Å²) in [5, 5.41) is 0. The number of aryl methyl sites for hydroxylation is 2. The molecule has 2 aliphatic heterocycles. The molecule has 6 aliphatic carbocycles. The van der Waals surface area contributed by atoms with E-state index in [9.17, 15) is 16.8 Å². The summed E-state index contributed by atoms with van der Waals surface area (Å²) >= 11 is 0. The number of ether oxygens (including phenoxy) is 2. The monoisotopic (exact) mass is 638 g/mol. The molecule has 10 heteroatoms. The molecule has 8 fully saturated rings. The Bertz CT molecular complexity index is 1640. The highest BCUT2D eigenvalue weighted by molar-refractivity contribution is 7.87. The van der Waals surface area contributed by atoms with Crippen molar-refractivity contribution in [2.75, 3.05) is 13.2 Å². The zero-order chi connectivity index (χ0) is 30.0. The summed E-state index contributed by atoms with van der Waals surface area (Å²) < 4.78 is 80.2. The number of hydrogen-bond acceptors (Lipinski definition) is 8. The van der Waals surface area contributed by atoms with Crippen molar-refractivity contribution >= 4 is 20.2 Å². The van der Waals surface area contributed by atoms with Gasteiger partial charge >= 0.3 is 0 Å². The lowest BCUT2D eigenvalue weighted by molar-refractivity contribution is -0.141. The van der Waals surface area contributed by atoms with Crippen LogP contribution in [0, 0.1) is 73.0 Å². The Morgan fingerprint density at radius 1 is 0.591 bits per heavy atom. The van der Waals surface area contributed by atoms with Gasteiger partial charge < -0.3 is 9.47 Å². The molecule has 2 aromatic carbocycles. The highest BCUT2D eigenvalue weighted by Crippen LogP contribution is 2.86. The largest absolute Gasteiger partial charge is 0.368 e. The minimum Gasteiger partial charge on any atom is -0.368 e. The van der Waals surface area contributed by atoms with E-state index in [2.05, 4.69) is 0 Å². The Labute approximate surface area is 259 Å². The van der Waals surface area contributed by atoms with Gasteiger partial charge in [0.05, 0.1) is 35.2 Å². The standard InChI is InChI=1S/C34H38O8S2/c1-17-3-7-19(8-4-17)43(35,36)39-15-33-29-21-11-14-24-26(21)32-27(29)28-30(22-12-13-23(41-33)25(22)31(28)33)34(32,42-24)16-40-44(37,38)20-9-5-18(2)6-10-20/h3-10,21-32H,11-16H2,1-2H3/t21-,22-,23-,24+,25+,26+,27-,28-,29+,30+,31-,32-,33-,34-/m1/s1. The van der Waals surface area contributed by atoms with E-state index in [0.717, 1.165) is 36.8 Å². The molecule has 10 rings (SSSR count). The van der Waals surface area contributed by atoms with Crippen molar-refractivity contribution in [3.05, 3.63) is 59.7 Å². The molecular weight excluding hydrogens is 601 g/mol. The lowest BCUT2D eigenvalue weighted by Crippen LogP contribution is -2.49. The third-order valence-corrected chi connectivity index (χ3v) is 16.3. The maximum atomic E-state index is 13.5. The van der Waals surface area contributed by atoms with Crippen LogP contribution in [-0.4, -0.2) is 53.5 Å². The van der Waals surface area contributed by atoms with Gasteiger partial charge in [-0.2, -0.15) is 16.8 Å². The van der Waals surface area contributed by atoms with Crippen LogP contribution in [0.15, 0.2) is 58.3 Å². The van der Waals surface area contributed by atoms with E-state index in [1.807, 2.05) is 13.8 Å². The molecule has 0 N–H and O–H groups in total. The molecule has 0 bridgehead atoms. The van der Waals surface area contributed by atoms with Crippen molar-refractivity contribution in [3.63, 3.8) is 0 Å². The van der Waals surface area contributed by atoms with Gasteiger partial charge in [0.2, 0.25) is 0 Å². The molecule has 8 aliphatic rings. The van der Waals surface area contributed by atoms with Crippen LogP contribution in [0.2, 0.25) is 0 Å². The molecule has 6 saturated carbocycles. The smallest absolute Gasteiger partial charge is 0.297 e. The summed E-state index contributed by atoms with van der Waals surface area (Å²) in [4.78, 5) is 0.364. The minimum atomic E-state index is -3.95. The molecule has 2 aromatic rings. The van der Waals surface area contributed by atoms with E-state index >= 15 is 0 Å². The number of fused-ring (bicyclic) bond motifs is 4. The molecule has 0 amide bonds. The first-order chi connectivity index (χ1) is 21.1. The SMILES string of the molecule is Cc1ccc(S(=O)(=O)OC[C@]23O[C@H]4CC[C@@H]5[C@@H]4[C@@H]2[C@@H]2[C@H]4[C@H]6[C@H]7[C@@H](CC[C@H]7O[C@]6(COS(=O)(=O)c6ccc(C)cc6)[C@@H]52)[C@@H]43)cc1. The molecule has 0 aromatic heterocycles. The van der Waals surface area contributed by atoms with Crippen LogP contribution in [0.1, 0.15) is 36.8 Å². The van der Waals surface area contributed by atoms with Gasteiger partial charge in [-0.05, 0) is 123 Å². The van der Waals surface area contributed by atoms with Gasteiger partial charge in [-0.25, -0.2) is 0 Å². The van der Waals surface area contributed by atoms with Crippen molar-refractivity contribution in [2.24, 2.45) is 59.2 Å². The second kappa shape index (κ2) is 8.55. The fraction of sp³-hybridized carbons (Fsp3) is 0.647. The number of benzene rings is 2. The maximum absolute atomic E-state index is 13.5. The Morgan fingerprint density at radius 2 is 0.977 bits per heavy atom. The highest BCUT2D eigenvalue weighted by Gasteiger charge is 2.90. The van der Waals surface area contributed by atoms with Gasteiger partial charge in [-0.1, -0.05) is 35.4 Å². The van der Waals surface area contributed by atoms with Gasteiger partial charge in [0.15, 0.2) is 0 Å². The van der Waals surface area contributed by atoms with Gasteiger partial charge in [-0.15, -0.1) is 0 Å². The van der Waals surface area contributed by atoms with E-state index in [1.54, 1.807) is 48.5 Å². The van der Waals surface area contributed by atoms with E-state index in [1.165, 1.54) is 0 Å². The van der Waals surface area contributed by atoms with E-state index < -0.39 is 31.4 Å². The van der Waals surface area contributed by atoms with Gasteiger partial charge in [0, 0.05) is 0 Å². The summed E-state index contributed by atoms with van der Waals surface area (Å²) in [5.41, 5.74) is 0.744. The molecule has 0 unspecified atom stereocenters. The van der Waals surface area contributed by atoms with Crippen molar-refractivity contribution in [3.8, 4) is 0 Å². The third-order valence-electron chi connectivity index (χ3n) is 13.8. The fourth-order valence-corrected chi connectivity index (χ4v) is 14.9. The third kappa shape index (κ3) is 3.14. The van der Waals surface area contributed by atoms with Crippen LogP contribution in [0.4, 0.5) is 0 Å². The van der Waals surface area contributed by atoms with Crippen molar-refractivity contribution in [1.29, 1.82) is 0 Å². The first kappa shape index (κ1) is 27.3. The topological polar surface area (TPSA) is 105 Å². The second-order valence-corrected chi connectivity index (χ2v) is 18.4. The lowest BCUT2D eigenvalue weighted by Gasteiger charge is -2.39. The molecular formula is C34H38O8S2. The molecule has 2 saturated heterocycles. The predicted molar refractivity (Wildman–Crippen MR) is 157 cm³/mol. The molecule has 14 atom stereocenters. The average molecular weight is 639 g/mol. The Balaban J connectivity index is 1.03. The summed E-state index contributed by atoms with van der Waals surface area (Å²) in [5.74, 6) is 2.80. The Hall–Kier alpha value is -1.82. The summed E-state index contributed by atoms with van der Waals surface area (Å²) in [6, 6.07) is 13.7. The van der Waals surface area contributed by atoms with Gasteiger partial charge in [0.1, 0.15) is 11.2 Å². The first-order valence-electron chi connectivity index (χ1n) is 16.3. The summed E-state index contributed by atoms with van der Waals surface area (Å²) in [7, 11) is -7.90. The van der Waals surface area contributed by atoms with E-state index in [0.29, 0.717) is 35.5 Å². The molecule has 8 nitrogen and oxygen atoms in total. The maximum Gasteiger partial charge on any atom is 0.297 e. The molecule has 0 spiro atoms. The van der Waals surface area contributed by atoms with Gasteiger partial charge in [-0.3, -0.25) is 8.37 Å². The molecule has 2 heterocycles. The van der Waals surface area contributed by atoms with Crippen LogP contribution in [0.3, 0.4) is 0 Å². The van der Waals surface area contributed by atoms with Crippen LogP contribution in [0.25, 0.3) is 0 Å². The van der Waals surface area contributed by atoms with Crippen LogP contribution in [-0.2, 0) is 38.1 Å². The molecule has 44 heavy (non-hydrogen) atoms. The van der Waals surface area contributed by atoms with Gasteiger partial charge in [0.25, 0.3) is 20.2 Å². The number of rotatable bonds is 8. The second-order valence-electron chi connectivity index (χ2n) is 15.2. The zero-order valence-electron chi connectivity index (χ0n) is 24.9. The first-order valence-corrected chi connectivity index (χ1v) is 19.2. The lowest BCUT2D eigenvalue weighted by atomic mass is 9.72. The minimum absolute atomic E-state index is 0.0603. The normalized spacial score (nSPS) is 48.1. The average Bonchev–Trinajstić information content (AvgIpc) is 3.82. The Kier molecular flexibility index (Phi) is 5.31. The molecule has 0 radical (unpaired) electrons. The summed E-state index contributed by atoms with van der Waals surface area (Å²) in [6.07, 6.45) is 4.13. The van der Waals surface area contributed by atoms with Crippen molar-refractivity contribution in [2.45, 2.75) is 72.7 Å². The van der Waals surface area contributed by atoms with Crippen LogP contribution >= 0.6 is 0 Å². The van der Waals surface area contributed by atoms with E-state index in [4.69, 9.17) is 17.8 Å². The highest BCUT2D eigenvalue weighted by atomic mass is 32.2. The number of hydrogen-bond donors (Lipinski definition) is 0.